The third-order valence-electron chi connectivity index (χ3n) is 1.95. The molecule has 0 aromatic carbocycles. The predicted molar refractivity (Wildman–Crippen MR) is 39.4 cm³/mol. The normalized spacial score (nSPS) is 38.5. The summed E-state index contributed by atoms with van der Waals surface area (Å²) in [5, 5.41) is 27.1. The summed E-state index contributed by atoms with van der Waals surface area (Å²) in [6, 6.07) is 0. The van der Waals surface area contributed by atoms with Crippen molar-refractivity contribution in [2.45, 2.75) is 31.0 Å². The molecule has 1 saturated heterocycles. The average Bonchev–Trinajstić information content (AvgIpc) is 2.45. The van der Waals surface area contributed by atoms with Crippen LogP contribution in [0.25, 0.3) is 0 Å². The van der Waals surface area contributed by atoms with Crippen molar-refractivity contribution in [2.75, 3.05) is 13.7 Å². The van der Waals surface area contributed by atoms with Crippen molar-refractivity contribution in [3.8, 4) is 0 Å². The lowest BCUT2D eigenvalue weighted by Crippen LogP contribution is -2.36. The van der Waals surface area contributed by atoms with E-state index in [0.717, 1.165) is 0 Å². The van der Waals surface area contributed by atoms with Crippen molar-refractivity contribution in [1.29, 1.82) is 0 Å². The highest BCUT2D eigenvalue weighted by Gasteiger charge is 2.38. The van der Waals surface area contributed by atoms with E-state index in [1.54, 1.807) is 0 Å². The van der Waals surface area contributed by atoms with E-state index in [1.165, 1.54) is 7.11 Å². The van der Waals surface area contributed by atoms with Crippen LogP contribution in [0.1, 0.15) is 6.42 Å². The molecule has 1 fully saturated rings. The van der Waals surface area contributed by atoms with Crippen LogP contribution in [0.2, 0.25) is 0 Å². The number of ether oxygens (including phenoxy) is 2. The molecule has 0 aliphatic carbocycles. The third kappa shape index (κ3) is 1.94. The van der Waals surface area contributed by atoms with Gasteiger partial charge in [-0.25, -0.2) is 0 Å². The van der Waals surface area contributed by atoms with Gasteiger partial charge in [-0.05, 0) is 0 Å². The van der Waals surface area contributed by atoms with Crippen LogP contribution >= 0.6 is 0 Å². The van der Waals surface area contributed by atoms with Gasteiger partial charge >= 0.3 is 0 Å². The molecule has 0 unspecified atom stereocenters. The van der Waals surface area contributed by atoms with Crippen molar-refractivity contribution < 1.29 is 24.8 Å². The standard InChI is InChI=1S/C7H14O5/c1-11-6-2-4(9)7(12-6)5(10)3-8/h4-10H,2-3H2,1H3/t4-,5+,6+,7+/m1/s1. The van der Waals surface area contributed by atoms with Crippen LogP contribution in [0.5, 0.6) is 0 Å². The molecular formula is C7H14O5. The maximum absolute atomic E-state index is 9.32. The van der Waals surface area contributed by atoms with E-state index in [0.29, 0.717) is 6.42 Å². The Balaban J connectivity index is 2.45. The van der Waals surface area contributed by atoms with E-state index in [1.807, 2.05) is 0 Å². The van der Waals surface area contributed by atoms with E-state index in [9.17, 15) is 5.11 Å². The van der Waals surface area contributed by atoms with Gasteiger partial charge in [-0.3, -0.25) is 0 Å². The summed E-state index contributed by atoms with van der Waals surface area (Å²) in [5.41, 5.74) is 0. The minimum atomic E-state index is -1.04. The first kappa shape index (κ1) is 9.88. The lowest BCUT2D eigenvalue weighted by Gasteiger charge is -2.18. The molecule has 1 rings (SSSR count). The SMILES string of the molecule is CO[C@@H]1C[C@@H](O)[C@@H]([C@@H](O)CO)O1. The van der Waals surface area contributed by atoms with Gasteiger partial charge in [-0.2, -0.15) is 0 Å². The highest BCUT2D eigenvalue weighted by molar-refractivity contribution is 4.83. The summed E-state index contributed by atoms with van der Waals surface area (Å²) in [7, 11) is 1.46. The summed E-state index contributed by atoms with van der Waals surface area (Å²) in [6.45, 7) is -0.418. The summed E-state index contributed by atoms with van der Waals surface area (Å²) >= 11 is 0. The fraction of sp³-hybridized carbons (Fsp3) is 1.00. The van der Waals surface area contributed by atoms with Gasteiger partial charge in [0.2, 0.25) is 0 Å². The zero-order valence-electron chi connectivity index (χ0n) is 6.88. The Hall–Kier alpha value is -0.200. The topological polar surface area (TPSA) is 79.2 Å². The number of aliphatic hydroxyl groups excluding tert-OH is 3. The van der Waals surface area contributed by atoms with Gasteiger partial charge in [0.1, 0.15) is 12.2 Å². The average molecular weight is 178 g/mol. The van der Waals surface area contributed by atoms with Crippen molar-refractivity contribution in [1.82, 2.24) is 0 Å². The van der Waals surface area contributed by atoms with Gasteiger partial charge in [-0.1, -0.05) is 0 Å². The molecule has 0 amide bonds. The summed E-state index contributed by atoms with van der Waals surface area (Å²) in [4.78, 5) is 0. The second-order valence-corrected chi connectivity index (χ2v) is 2.82. The van der Waals surface area contributed by atoms with Gasteiger partial charge in [0.15, 0.2) is 6.29 Å². The Labute approximate surface area is 70.5 Å². The van der Waals surface area contributed by atoms with Crippen molar-refractivity contribution in [3.05, 3.63) is 0 Å². The van der Waals surface area contributed by atoms with Crippen molar-refractivity contribution >= 4 is 0 Å². The molecule has 5 heteroatoms. The quantitative estimate of drug-likeness (QED) is 0.488. The van der Waals surface area contributed by atoms with E-state index in [2.05, 4.69) is 0 Å². The molecule has 0 spiro atoms. The van der Waals surface area contributed by atoms with Crippen molar-refractivity contribution in [2.24, 2.45) is 0 Å². The number of hydrogen-bond donors (Lipinski definition) is 3. The monoisotopic (exact) mass is 178 g/mol. The van der Waals surface area contributed by atoms with Crippen molar-refractivity contribution in [3.63, 3.8) is 0 Å². The summed E-state index contributed by atoms with van der Waals surface area (Å²) in [5.74, 6) is 0. The molecule has 12 heavy (non-hydrogen) atoms. The van der Waals surface area contributed by atoms with E-state index >= 15 is 0 Å². The fourth-order valence-corrected chi connectivity index (χ4v) is 1.26. The zero-order chi connectivity index (χ0) is 9.14. The smallest absolute Gasteiger partial charge is 0.160 e. The molecule has 0 aromatic rings. The number of hydrogen-bond acceptors (Lipinski definition) is 5. The van der Waals surface area contributed by atoms with E-state index < -0.39 is 31.2 Å². The Morgan fingerprint density at radius 3 is 2.75 bits per heavy atom. The number of aliphatic hydroxyl groups is 3. The Morgan fingerprint density at radius 1 is 1.67 bits per heavy atom. The van der Waals surface area contributed by atoms with Crippen LogP contribution in [0.15, 0.2) is 0 Å². The lowest BCUT2D eigenvalue weighted by atomic mass is 10.1. The van der Waals surface area contributed by atoms with Crippen LogP contribution in [0.4, 0.5) is 0 Å². The van der Waals surface area contributed by atoms with E-state index in [4.69, 9.17) is 19.7 Å². The Kier molecular flexibility index (Phi) is 3.42. The molecule has 5 nitrogen and oxygen atoms in total. The maximum atomic E-state index is 9.32. The van der Waals surface area contributed by atoms with Crippen LogP contribution < -0.4 is 0 Å². The largest absolute Gasteiger partial charge is 0.394 e. The Bertz CT molecular complexity index is 140. The maximum Gasteiger partial charge on any atom is 0.160 e. The molecule has 1 heterocycles. The number of rotatable bonds is 3. The molecule has 0 aromatic heterocycles. The first-order chi connectivity index (χ1) is 5.69. The third-order valence-corrected chi connectivity index (χ3v) is 1.95. The second-order valence-electron chi connectivity index (χ2n) is 2.82. The molecule has 0 radical (unpaired) electrons. The molecule has 4 atom stereocenters. The molecular weight excluding hydrogens is 164 g/mol. The van der Waals surface area contributed by atoms with Gasteiger partial charge in [0.25, 0.3) is 0 Å². The summed E-state index contributed by atoms with van der Waals surface area (Å²) in [6.07, 6.45) is -2.69. The first-order valence-electron chi connectivity index (χ1n) is 3.84. The van der Waals surface area contributed by atoms with Gasteiger partial charge < -0.3 is 24.8 Å². The minimum Gasteiger partial charge on any atom is -0.394 e. The van der Waals surface area contributed by atoms with Gasteiger partial charge in [-0.15, -0.1) is 0 Å². The zero-order valence-corrected chi connectivity index (χ0v) is 6.88. The Morgan fingerprint density at radius 2 is 2.33 bits per heavy atom. The van der Waals surface area contributed by atoms with Gasteiger partial charge in [0, 0.05) is 13.5 Å². The molecule has 3 N–H and O–H groups in total. The first-order valence-corrected chi connectivity index (χ1v) is 3.84. The van der Waals surface area contributed by atoms with Crippen LogP contribution in [0.3, 0.4) is 0 Å². The van der Waals surface area contributed by atoms with Crippen LogP contribution in [0, 0.1) is 0 Å². The number of methoxy groups -OCH3 is 1. The van der Waals surface area contributed by atoms with E-state index in [-0.39, 0.29) is 0 Å². The van der Waals surface area contributed by atoms with Gasteiger partial charge in [0.05, 0.1) is 12.7 Å². The fourth-order valence-electron chi connectivity index (χ4n) is 1.26. The minimum absolute atomic E-state index is 0.332. The van der Waals surface area contributed by atoms with Crippen LogP contribution in [-0.2, 0) is 9.47 Å². The highest BCUT2D eigenvalue weighted by Crippen LogP contribution is 2.22. The molecule has 72 valence electrons. The lowest BCUT2D eigenvalue weighted by molar-refractivity contribution is -0.150. The predicted octanol–water partition coefficient (Wildman–Crippen LogP) is -1.54. The summed E-state index contributed by atoms with van der Waals surface area (Å²) < 4.78 is 9.92. The highest BCUT2D eigenvalue weighted by atomic mass is 16.7. The molecule has 0 saturated carbocycles. The van der Waals surface area contributed by atoms with Crippen LogP contribution in [-0.4, -0.2) is 53.6 Å². The molecule has 1 aliphatic heterocycles. The molecule has 1 aliphatic rings. The molecule has 0 bridgehead atoms. The second kappa shape index (κ2) is 4.15.